The molecule has 1 N–H and O–H groups in total. The predicted octanol–water partition coefficient (Wildman–Crippen LogP) is 2.98. The van der Waals surface area contributed by atoms with Crippen LogP contribution in [0.25, 0.3) is 0 Å². The molecule has 4 heteroatoms. The molecule has 0 fully saturated rings. The maximum absolute atomic E-state index is 10.8. The second kappa shape index (κ2) is 5.52. The van der Waals surface area contributed by atoms with Gasteiger partial charge in [0.05, 0.1) is 0 Å². The Kier molecular flexibility index (Phi) is 3.80. The molecule has 0 saturated heterocycles. The number of carboxylic acids is 1. The Bertz CT molecular complexity index is 608. The number of aromatic carboxylic acids is 1. The zero-order valence-electron chi connectivity index (χ0n) is 10.9. The number of rotatable bonds is 4. The van der Waals surface area contributed by atoms with Gasteiger partial charge in [-0.3, -0.25) is 0 Å². The average molecular weight is 257 g/mol. The first-order chi connectivity index (χ1) is 9.06. The Morgan fingerprint density at radius 1 is 1.26 bits per heavy atom. The fourth-order valence-corrected chi connectivity index (χ4v) is 1.80. The summed E-state index contributed by atoms with van der Waals surface area (Å²) in [5.41, 5.74) is 3.06. The van der Waals surface area contributed by atoms with Crippen molar-refractivity contribution in [2.24, 2.45) is 0 Å². The number of carbonyl (C=O) groups is 1. The molecule has 0 atom stereocenters. The topological polar surface area (TPSA) is 59.4 Å². The zero-order valence-corrected chi connectivity index (χ0v) is 10.9. The van der Waals surface area contributed by atoms with Gasteiger partial charge in [0.2, 0.25) is 0 Å². The van der Waals surface area contributed by atoms with E-state index in [1.807, 2.05) is 32.0 Å². The van der Waals surface area contributed by atoms with Crippen LogP contribution in [0.15, 0.2) is 36.5 Å². The van der Waals surface area contributed by atoms with E-state index in [4.69, 9.17) is 9.84 Å². The Balaban J connectivity index is 2.10. The molecule has 1 heterocycles. The lowest BCUT2D eigenvalue weighted by atomic mass is 10.1. The third-order valence-corrected chi connectivity index (χ3v) is 2.77. The van der Waals surface area contributed by atoms with Gasteiger partial charge in [-0.2, -0.15) is 0 Å². The summed E-state index contributed by atoms with van der Waals surface area (Å²) in [6.07, 6.45) is 1.48. The van der Waals surface area contributed by atoms with Crippen molar-refractivity contribution in [1.82, 2.24) is 4.98 Å². The van der Waals surface area contributed by atoms with Crippen LogP contribution in [0.3, 0.4) is 0 Å². The minimum atomic E-state index is -1.03. The summed E-state index contributed by atoms with van der Waals surface area (Å²) in [4.78, 5) is 14.6. The first kappa shape index (κ1) is 13.1. The standard InChI is InChI=1S/C15H15NO3/c1-10-3-4-14(11(2)7-10)19-9-12-5-6-16-13(8-12)15(17)18/h3-8H,9H2,1-2H3,(H,17,18). The molecular formula is C15H15NO3. The molecule has 1 aromatic heterocycles. The molecule has 0 aliphatic rings. The summed E-state index contributed by atoms with van der Waals surface area (Å²) in [6, 6.07) is 9.22. The highest BCUT2D eigenvalue weighted by Gasteiger charge is 2.06. The van der Waals surface area contributed by atoms with Gasteiger partial charge in [-0.15, -0.1) is 0 Å². The number of aromatic nitrogens is 1. The summed E-state index contributed by atoms with van der Waals surface area (Å²) >= 11 is 0. The molecule has 0 unspecified atom stereocenters. The molecule has 1 aromatic carbocycles. The molecule has 2 aromatic rings. The molecular weight excluding hydrogens is 242 g/mol. The van der Waals surface area contributed by atoms with E-state index < -0.39 is 5.97 Å². The van der Waals surface area contributed by atoms with Crippen LogP contribution in [0, 0.1) is 13.8 Å². The van der Waals surface area contributed by atoms with E-state index >= 15 is 0 Å². The minimum absolute atomic E-state index is 0.0294. The van der Waals surface area contributed by atoms with Crippen LogP contribution < -0.4 is 4.74 Å². The summed E-state index contributed by atoms with van der Waals surface area (Å²) in [5.74, 6) is -0.229. The Hall–Kier alpha value is -2.36. The normalized spacial score (nSPS) is 10.2. The lowest BCUT2D eigenvalue weighted by molar-refractivity contribution is 0.0690. The minimum Gasteiger partial charge on any atom is -0.489 e. The molecule has 19 heavy (non-hydrogen) atoms. The fraction of sp³-hybridized carbons (Fsp3) is 0.200. The highest BCUT2D eigenvalue weighted by molar-refractivity contribution is 5.85. The van der Waals surface area contributed by atoms with Gasteiger partial charge in [-0.25, -0.2) is 9.78 Å². The Morgan fingerprint density at radius 3 is 2.74 bits per heavy atom. The van der Waals surface area contributed by atoms with E-state index in [9.17, 15) is 4.79 Å². The van der Waals surface area contributed by atoms with Crippen LogP contribution in [0.2, 0.25) is 0 Å². The van der Waals surface area contributed by atoms with Gasteiger partial charge in [-0.05, 0) is 43.2 Å². The number of benzene rings is 1. The summed E-state index contributed by atoms with van der Waals surface area (Å²) < 4.78 is 5.69. The number of carboxylic acid groups (broad SMARTS) is 1. The first-order valence-corrected chi connectivity index (χ1v) is 5.94. The lowest BCUT2D eigenvalue weighted by Gasteiger charge is -2.10. The summed E-state index contributed by atoms with van der Waals surface area (Å²) in [6.45, 7) is 4.34. The molecule has 0 saturated carbocycles. The van der Waals surface area contributed by atoms with Crippen molar-refractivity contribution in [3.05, 3.63) is 58.9 Å². The maximum Gasteiger partial charge on any atom is 0.354 e. The van der Waals surface area contributed by atoms with Gasteiger partial charge in [0.1, 0.15) is 18.1 Å². The summed E-state index contributed by atoms with van der Waals surface area (Å²) in [7, 11) is 0. The van der Waals surface area contributed by atoms with Gasteiger partial charge in [0.15, 0.2) is 0 Å². The van der Waals surface area contributed by atoms with Crippen molar-refractivity contribution < 1.29 is 14.6 Å². The van der Waals surface area contributed by atoms with E-state index in [0.717, 1.165) is 16.9 Å². The second-order valence-corrected chi connectivity index (χ2v) is 4.41. The Labute approximate surface area is 111 Å². The monoisotopic (exact) mass is 257 g/mol. The number of ether oxygens (including phenoxy) is 1. The molecule has 0 radical (unpaired) electrons. The number of nitrogens with zero attached hydrogens (tertiary/aromatic N) is 1. The van der Waals surface area contributed by atoms with E-state index in [1.54, 1.807) is 6.07 Å². The van der Waals surface area contributed by atoms with Crippen LogP contribution in [0.1, 0.15) is 27.2 Å². The van der Waals surface area contributed by atoms with Crippen LogP contribution in [0.4, 0.5) is 0 Å². The van der Waals surface area contributed by atoms with Crippen molar-refractivity contribution in [1.29, 1.82) is 0 Å². The van der Waals surface area contributed by atoms with E-state index in [0.29, 0.717) is 6.61 Å². The van der Waals surface area contributed by atoms with Crippen LogP contribution in [0.5, 0.6) is 5.75 Å². The number of aryl methyl sites for hydroxylation is 2. The van der Waals surface area contributed by atoms with Crippen LogP contribution in [-0.2, 0) is 6.61 Å². The smallest absolute Gasteiger partial charge is 0.354 e. The molecule has 0 bridgehead atoms. The highest BCUT2D eigenvalue weighted by Crippen LogP contribution is 2.20. The second-order valence-electron chi connectivity index (χ2n) is 4.41. The SMILES string of the molecule is Cc1ccc(OCc2ccnc(C(=O)O)c2)c(C)c1. The third-order valence-electron chi connectivity index (χ3n) is 2.77. The van der Waals surface area contributed by atoms with Crippen molar-refractivity contribution in [3.8, 4) is 5.75 Å². The maximum atomic E-state index is 10.8. The highest BCUT2D eigenvalue weighted by atomic mass is 16.5. The number of hydrogen-bond donors (Lipinski definition) is 1. The van der Waals surface area contributed by atoms with Crippen molar-refractivity contribution >= 4 is 5.97 Å². The van der Waals surface area contributed by atoms with Crippen molar-refractivity contribution in [3.63, 3.8) is 0 Å². The molecule has 0 aliphatic heterocycles. The molecule has 4 nitrogen and oxygen atoms in total. The first-order valence-electron chi connectivity index (χ1n) is 5.94. The van der Waals surface area contributed by atoms with Gasteiger partial charge in [0, 0.05) is 6.20 Å². The van der Waals surface area contributed by atoms with Gasteiger partial charge < -0.3 is 9.84 Å². The average Bonchev–Trinajstić information content (AvgIpc) is 2.38. The van der Waals surface area contributed by atoms with E-state index in [-0.39, 0.29) is 5.69 Å². The zero-order chi connectivity index (χ0) is 13.8. The van der Waals surface area contributed by atoms with Crippen LogP contribution >= 0.6 is 0 Å². The largest absolute Gasteiger partial charge is 0.489 e. The lowest BCUT2D eigenvalue weighted by Crippen LogP contribution is -2.03. The Morgan fingerprint density at radius 2 is 2.05 bits per heavy atom. The number of pyridine rings is 1. The quantitative estimate of drug-likeness (QED) is 0.914. The van der Waals surface area contributed by atoms with Gasteiger partial charge in [-0.1, -0.05) is 17.7 Å². The van der Waals surface area contributed by atoms with Crippen molar-refractivity contribution in [2.45, 2.75) is 20.5 Å². The van der Waals surface area contributed by atoms with Crippen molar-refractivity contribution in [2.75, 3.05) is 0 Å². The molecule has 0 amide bonds. The van der Waals surface area contributed by atoms with E-state index in [2.05, 4.69) is 4.98 Å². The predicted molar refractivity (Wildman–Crippen MR) is 71.4 cm³/mol. The van der Waals surface area contributed by atoms with Crippen LogP contribution in [-0.4, -0.2) is 16.1 Å². The third kappa shape index (κ3) is 3.31. The molecule has 2 rings (SSSR count). The van der Waals surface area contributed by atoms with Gasteiger partial charge in [0.25, 0.3) is 0 Å². The fourth-order valence-electron chi connectivity index (χ4n) is 1.80. The van der Waals surface area contributed by atoms with E-state index in [1.165, 1.54) is 17.8 Å². The summed E-state index contributed by atoms with van der Waals surface area (Å²) in [5, 5.41) is 8.87. The number of hydrogen-bond acceptors (Lipinski definition) is 3. The molecule has 0 spiro atoms. The molecule has 98 valence electrons. The van der Waals surface area contributed by atoms with Gasteiger partial charge >= 0.3 is 5.97 Å². The molecule has 0 aliphatic carbocycles.